The molecule has 0 aliphatic carbocycles. The summed E-state index contributed by atoms with van der Waals surface area (Å²) in [5.41, 5.74) is 1.27. The van der Waals surface area contributed by atoms with E-state index in [4.69, 9.17) is 4.74 Å². The van der Waals surface area contributed by atoms with Gasteiger partial charge in [0.2, 0.25) is 0 Å². The molecule has 0 amide bonds. The Labute approximate surface area is 170 Å². The second-order valence-electron chi connectivity index (χ2n) is 6.16. The number of benzene rings is 1. The fraction of sp³-hybridized carbons (Fsp3) is 0.444. The van der Waals surface area contributed by atoms with Crippen LogP contribution < -0.4 is 10.1 Å². The van der Waals surface area contributed by atoms with Gasteiger partial charge in [-0.05, 0) is 24.1 Å². The maximum Gasteiger partial charge on any atom is 0.193 e. The van der Waals surface area contributed by atoms with Gasteiger partial charge < -0.3 is 15.0 Å². The van der Waals surface area contributed by atoms with E-state index in [0.717, 1.165) is 25.5 Å². The lowest BCUT2D eigenvalue weighted by Crippen LogP contribution is -2.41. The summed E-state index contributed by atoms with van der Waals surface area (Å²) >= 11 is 0. The number of hydrogen-bond donors (Lipinski definition) is 1. The number of nitrogens with zero attached hydrogens (tertiary/aromatic N) is 4. The van der Waals surface area contributed by atoms with E-state index in [1.54, 1.807) is 19.2 Å². The number of aliphatic imine (C=N–C) groups is 1. The number of aromatic nitrogens is 2. The van der Waals surface area contributed by atoms with E-state index < -0.39 is 0 Å². The van der Waals surface area contributed by atoms with Crippen molar-refractivity contribution >= 4 is 29.9 Å². The smallest absolute Gasteiger partial charge is 0.193 e. The molecule has 2 heterocycles. The van der Waals surface area contributed by atoms with Crippen LogP contribution in [0.5, 0.6) is 5.75 Å². The lowest BCUT2D eigenvalue weighted by atomic mass is 10.0. The molecule has 8 heteroatoms. The first kappa shape index (κ1) is 20.5. The molecule has 0 saturated carbocycles. The average Bonchev–Trinajstić information content (AvgIpc) is 3.24. The normalized spacial score (nSPS) is 17.1. The van der Waals surface area contributed by atoms with Crippen LogP contribution in [0.3, 0.4) is 0 Å². The van der Waals surface area contributed by atoms with Gasteiger partial charge in [-0.3, -0.25) is 9.67 Å². The van der Waals surface area contributed by atoms with Crippen LogP contribution in [0.2, 0.25) is 0 Å². The van der Waals surface area contributed by atoms with E-state index in [-0.39, 0.29) is 29.8 Å². The Bertz CT molecular complexity index is 736. The Hall–Kier alpha value is -1.84. The van der Waals surface area contributed by atoms with Crippen LogP contribution in [0.15, 0.2) is 41.7 Å². The zero-order valence-electron chi connectivity index (χ0n) is 15.1. The molecule has 0 radical (unpaired) electrons. The molecule has 1 aliphatic heterocycles. The molecule has 3 rings (SSSR count). The molecule has 1 fully saturated rings. The van der Waals surface area contributed by atoms with Crippen LogP contribution >= 0.6 is 24.0 Å². The lowest BCUT2D eigenvalue weighted by molar-refractivity contribution is 0.317. The zero-order chi connectivity index (χ0) is 17.6. The summed E-state index contributed by atoms with van der Waals surface area (Å²) in [7, 11) is 3.72. The Kier molecular flexibility index (Phi) is 7.67. The molecular weight excluding hydrogens is 448 g/mol. The fourth-order valence-electron chi connectivity index (χ4n) is 3.10. The van der Waals surface area contributed by atoms with Crippen LogP contribution in [0.1, 0.15) is 17.9 Å². The van der Waals surface area contributed by atoms with Crippen molar-refractivity contribution in [2.24, 2.45) is 12.0 Å². The third-order valence-corrected chi connectivity index (χ3v) is 4.35. The summed E-state index contributed by atoms with van der Waals surface area (Å²) < 4.78 is 20.5. The highest BCUT2D eigenvalue weighted by Gasteiger charge is 2.26. The number of rotatable bonds is 5. The number of halogens is 2. The number of ether oxygens (including phenoxy) is 1. The first-order chi connectivity index (χ1) is 12.2. The Morgan fingerprint density at radius 1 is 1.46 bits per heavy atom. The molecule has 1 unspecified atom stereocenters. The van der Waals surface area contributed by atoms with E-state index in [0.29, 0.717) is 24.8 Å². The van der Waals surface area contributed by atoms with E-state index in [2.05, 4.69) is 26.5 Å². The van der Waals surface area contributed by atoms with Crippen LogP contribution in [0, 0.1) is 5.82 Å². The third kappa shape index (κ3) is 5.33. The molecule has 2 aromatic rings. The van der Waals surface area contributed by atoms with Gasteiger partial charge in [0.05, 0.1) is 12.7 Å². The van der Waals surface area contributed by atoms with Crippen molar-refractivity contribution < 1.29 is 9.13 Å². The molecule has 1 aromatic carbocycles. The summed E-state index contributed by atoms with van der Waals surface area (Å²) in [6.07, 6.45) is 5.11. The van der Waals surface area contributed by atoms with Crippen LogP contribution in [-0.4, -0.2) is 53.9 Å². The van der Waals surface area contributed by atoms with Crippen LogP contribution in [-0.2, 0) is 7.05 Å². The summed E-state index contributed by atoms with van der Waals surface area (Å²) in [4.78, 5) is 6.61. The predicted octanol–water partition coefficient (Wildman–Crippen LogP) is 2.62. The highest BCUT2D eigenvalue weighted by molar-refractivity contribution is 14.0. The minimum Gasteiger partial charge on any atom is -0.492 e. The van der Waals surface area contributed by atoms with Gasteiger partial charge in [-0.1, -0.05) is 6.07 Å². The first-order valence-corrected chi connectivity index (χ1v) is 8.48. The van der Waals surface area contributed by atoms with Gasteiger partial charge in [0.15, 0.2) is 5.96 Å². The minimum atomic E-state index is -0.292. The zero-order valence-corrected chi connectivity index (χ0v) is 17.4. The Balaban J connectivity index is 0.00000243. The molecule has 1 N–H and O–H groups in total. The standard InChI is InChI=1S/C18H24FN5O.HI/c1-20-18(21-7-9-25-17-5-3-4-16(19)10-17)24-8-6-14(13-24)15-11-22-23(2)12-15;/h3-5,10-12,14H,6-9,13H2,1-2H3,(H,20,21);1H. The SMILES string of the molecule is CN=C(NCCOc1cccc(F)c1)N1CCC(c2cnn(C)c2)C1.I. The Morgan fingerprint density at radius 2 is 2.31 bits per heavy atom. The summed E-state index contributed by atoms with van der Waals surface area (Å²) in [5.74, 6) is 1.60. The molecule has 0 spiro atoms. The van der Waals surface area contributed by atoms with Gasteiger partial charge in [0, 0.05) is 45.4 Å². The molecule has 26 heavy (non-hydrogen) atoms. The highest BCUT2D eigenvalue weighted by atomic mass is 127. The van der Waals surface area contributed by atoms with Gasteiger partial charge in [-0.2, -0.15) is 5.10 Å². The van der Waals surface area contributed by atoms with E-state index in [9.17, 15) is 4.39 Å². The molecule has 1 aromatic heterocycles. The van der Waals surface area contributed by atoms with Gasteiger partial charge in [0.25, 0.3) is 0 Å². The van der Waals surface area contributed by atoms with Gasteiger partial charge in [-0.25, -0.2) is 4.39 Å². The molecule has 0 bridgehead atoms. The van der Waals surface area contributed by atoms with Crippen molar-refractivity contribution in [2.45, 2.75) is 12.3 Å². The van der Waals surface area contributed by atoms with Crippen molar-refractivity contribution in [1.29, 1.82) is 0 Å². The monoisotopic (exact) mass is 473 g/mol. The van der Waals surface area contributed by atoms with Gasteiger partial charge in [0.1, 0.15) is 18.2 Å². The van der Waals surface area contributed by atoms with E-state index >= 15 is 0 Å². The number of nitrogens with one attached hydrogen (secondary N) is 1. The summed E-state index contributed by atoms with van der Waals surface area (Å²) in [6, 6.07) is 6.17. The van der Waals surface area contributed by atoms with Crippen molar-refractivity contribution in [3.63, 3.8) is 0 Å². The second kappa shape index (κ2) is 9.75. The maximum atomic E-state index is 13.1. The van der Waals surface area contributed by atoms with Crippen molar-refractivity contribution in [3.05, 3.63) is 48.0 Å². The summed E-state index contributed by atoms with van der Waals surface area (Å²) in [5, 5.41) is 7.57. The van der Waals surface area contributed by atoms with Crippen LogP contribution in [0.25, 0.3) is 0 Å². The highest BCUT2D eigenvalue weighted by Crippen LogP contribution is 2.26. The molecule has 1 atom stereocenters. The van der Waals surface area contributed by atoms with Crippen LogP contribution in [0.4, 0.5) is 4.39 Å². The fourth-order valence-corrected chi connectivity index (χ4v) is 3.10. The topological polar surface area (TPSA) is 54.7 Å². The largest absolute Gasteiger partial charge is 0.492 e. The Morgan fingerprint density at radius 3 is 3.00 bits per heavy atom. The molecule has 142 valence electrons. The third-order valence-electron chi connectivity index (χ3n) is 4.35. The first-order valence-electron chi connectivity index (χ1n) is 8.48. The van der Waals surface area contributed by atoms with E-state index in [1.165, 1.54) is 17.7 Å². The quantitative estimate of drug-likeness (QED) is 0.314. The number of guanidine groups is 1. The number of aryl methyl sites for hydroxylation is 1. The average molecular weight is 473 g/mol. The van der Waals surface area contributed by atoms with E-state index in [1.807, 2.05) is 17.9 Å². The number of likely N-dealkylation sites (tertiary alicyclic amines) is 1. The lowest BCUT2D eigenvalue weighted by Gasteiger charge is -2.21. The molecule has 6 nitrogen and oxygen atoms in total. The van der Waals surface area contributed by atoms with Gasteiger partial charge in [-0.15, -0.1) is 24.0 Å². The molecular formula is C18H25FIN5O. The van der Waals surface area contributed by atoms with Crippen molar-refractivity contribution in [1.82, 2.24) is 20.0 Å². The minimum absolute atomic E-state index is 0. The summed E-state index contributed by atoms with van der Waals surface area (Å²) in [6.45, 7) is 2.94. The number of hydrogen-bond acceptors (Lipinski definition) is 3. The van der Waals surface area contributed by atoms with Crippen molar-refractivity contribution in [3.8, 4) is 5.75 Å². The molecule has 1 saturated heterocycles. The predicted molar refractivity (Wildman–Crippen MR) is 111 cm³/mol. The molecule has 1 aliphatic rings. The van der Waals surface area contributed by atoms with Gasteiger partial charge >= 0.3 is 0 Å². The van der Waals surface area contributed by atoms with Crippen molar-refractivity contribution in [2.75, 3.05) is 33.3 Å². The maximum absolute atomic E-state index is 13.1. The second-order valence-corrected chi connectivity index (χ2v) is 6.16.